The van der Waals surface area contributed by atoms with Gasteiger partial charge in [0.25, 0.3) is 5.91 Å². The van der Waals surface area contributed by atoms with Crippen LogP contribution < -0.4 is 15.4 Å². The maximum absolute atomic E-state index is 12.5. The van der Waals surface area contributed by atoms with Gasteiger partial charge in [0.1, 0.15) is 11.9 Å². The second kappa shape index (κ2) is 7.97. The fourth-order valence-corrected chi connectivity index (χ4v) is 2.38. The topological polar surface area (TPSA) is 50.4 Å². The van der Waals surface area contributed by atoms with Crippen molar-refractivity contribution < 1.29 is 9.53 Å². The first-order valence-corrected chi connectivity index (χ1v) is 8.28. The number of ether oxygens (including phenoxy) is 1. The Kier molecular flexibility index (Phi) is 6.21. The zero-order valence-corrected chi connectivity index (χ0v) is 15.4. The van der Waals surface area contributed by atoms with Crippen LogP contribution in [-0.2, 0) is 0 Å². The van der Waals surface area contributed by atoms with Crippen LogP contribution in [0.5, 0.6) is 5.75 Å². The minimum Gasteiger partial charge on any atom is -0.496 e. The Balaban J connectivity index is 2.20. The van der Waals surface area contributed by atoms with Crippen molar-refractivity contribution in [3.8, 4) is 5.75 Å². The lowest BCUT2D eigenvalue weighted by atomic mass is 10.2. The maximum Gasteiger partial charge on any atom is 0.256 e. The van der Waals surface area contributed by atoms with Crippen LogP contribution in [0.4, 0.5) is 5.69 Å². The summed E-state index contributed by atoms with van der Waals surface area (Å²) in [5.74, 6) is 0.0248. The Morgan fingerprint density at radius 2 is 1.71 bits per heavy atom. The highest BCUT2D eigenvalue weighted by Gasteiger charge is 2.34. The van der Waals surface area contributed by atoms with E-state index < -0.39 is 15.9 Å². The van der Waals surface area contributed by atoms with E-state index in [4.69, 9.17) is 39.5 Å². The predicted octanol–water partition coefficient (Wildman–Crippen LogP) is 4.54. The number of para-hydroxylation sites is 1. The lowest BCUT2D eigenvalue weighted by molar-refractivity contribution is 0.0939. The van der Waals surface area contributed by atoms with Crippen LogP contribution in [0, 0.1) is 6.92 Å². The smallest absolute Gasteiger partial charge is 0.256 e. The van der Waals surface area contributed by atoms with Crippen LogP contribution in [0.25, 0.3) is 0 Å². The van der Waals surface area contributed by atoms with E-state index in [2.05, 4.69) is 10.6 Å². The number of nitrogens with one attached hydrogen (secondary N) is 2. The zero-order valence-electron chi connectivity index (χ0n) is 13.1. The fourth-order valence-electron chi connectivity index (χ4n) is 2.06. The summed E-state index contributed by atoms with van der Waals surface area (Å²) in [5.41, 5.74) is 2.17. The molecule has 0 fully saturated rings. The lowest BCUT2D eigenvalue weighted by Gasteiger charge is -2.27. The first-order valence-electron chi connectivity index (χ1n) is 7.15. The van der Waals surface area contributed by atoms with Crippen LogP contribution in [-0.4, -0.2) is 23.0 Å². The molecular formula is C17H17Cl3N2O2. The van der Waals surface area contributed by atoms with Crippen LogP contribution in [0.15, 0.2) is 48.5 Å². The van der Waals surface area contributed by atoms with E-state index in [0.29, 0.717) is 11.3 Å². The molecule has 0 radical (unpaired) electrons. The van der Waals surface area contributed by atoms with Gasteiger partial charge in [-0.2, -0.15) is 0 Å². The number of methoxy groups -OCH3 is 1. The molecule has 0 bridgehead atoms. The SMILES string of the molecule is COc1ccccc1C(=O)N[C@H](Nc1ccc(C)cc1)C(Cl)(Cl)Cl. The summed E-state index contributed by atoms with van der Waals surface area (Å²) in [7, 11) is 1.49. The van der Waals surface area contributed by atoms with Gasteiger partial charge in [0.05, 0.1) is 12.7 Å². The highest BCUT2D eigenvalue weighted by Crippen LogP contribution is 2.31. The number of alkyl halides is 3. The Morgan fingerprint density at radius 1 is 1.08 bits per heavy atom. The third kappa shape index (κ3) is 4.94. The standard InChI is InChI=1S/C17H17Cl3N2O2/c1-11-7-9-12(10-8-11)21-16(17(18,19)20)22-15(23)13-5-3-4-6-14(13)24-2/h3-10,16,21H,1-2H3,(H,22,23)/t16-/m0/s1. The number of halogens is 3. The first kappa shape index (κ1) is 18.7. The molecule has 0 saturated heterocycles. The number of anilines is 1. The van der Waals surface area contributed by atoms with Gasteiger partial charge in [-0.05, 0) is 31.2 Å². The molecule has 0 saturated carbocycles. The Hall–Kier alpha value is -1.62. The number of benzene rings is 2. The van der Waals surface area contributed by atoms with Crippen molar-refractivity contribution in [3.05, 3.63) is 59.7 Å². The molecule has 128 valence electrons. The quantitative estimate of drug-likeness (QED) is 0.585. The molecule has 0 aromatic heterocycles. The molecule has 2 aromatic rings. The first-order chi connectivity index (χ1) is 11.3. The molecule has 2 N–H and O–H groups in total. The van der Waals surface area contributed by atoms with Crippen molar-refractivity contribution >= 4 is 46.4 Å². The van der Waals surface area contributed by atoms with Gasteiger partial charge < -0.3 is 15.4 Å². The molecule has 0 heterocycles. The summed E-state index contributed by atoms with van der Waals surface area (Å²) in [5, 5.41) is 5.70. The molecule has 1 amide bonds. The summed E-state index contributed by atoms with van der Waals surface area (Å²) in [6.07, 6.45) is -0.928. The normalized spacial score (nSPS) is 12.4. The highest BCUT2D eigenvalue weighted by molar-refractivity contribution is 6.68. The number of aryl methyl sites for hydroxylation is 1. The lowest BCUT2D eigenvalue weighted by Crippen LogP contribution is -2.49. The molecule has 24 heavy (non-hydrogen) atoms. The average Bonchev–Trinajstić information content (AvgIpc) is 2.55. The van der Waals surface area contributed by atoms with E-state index >= 15 is 0 Å². The predicted molar refractivity (Wildman–Crippen MR) is 99.3 cm³/mol. The summed E-state index contributed by atoms with van der Waals surface area (Å²) in [4.78, 5) is 12.5. The van der Waals surface area contributed by atoms with Crippen molar-refractivity contribution in [3.63, 3.8) is 0 Å². The zero-order chi connectivity index (χ0) is 17.7. The second-order valence-electron chi connectivity index (χ2n) is 5.16. The van der Waals surface area contributed by atoms with Gasteiger partial charge in [0, 0.05) is 5.69 Å². The van der Waals surface area contributed by atoms with Crippen molar-refractivity contribution in [2.75, 3.05) is 12.4 Å². The molecule has 0 aliphatic rings. The summed E-state index contributed by atoms with van der Waals surface area (Å²) in [6.45, 7) is 1.97. The van der Waals surface area contributed by atoms with Gasteiger partial charge >= 0.3 is 0 Å². The maximum atomic E-state index is 12.5. The van der Waals surface area contributed by atoms with Gasteiger partial charge in [-0.15, -0.1) is 0 Å². The molecule has 4 nitrogen and oxygen atoms in total. The second-order valence-corrected chi connectivity index (χ2v) is 7.53. The van der Waals surface area contributed by atoms with Crippen molar-refractivity contribution in [2.24, 2.45) is 0 Å². The number of rotatable bonds is 5. The number of carbonyl (C=O) groups excluding carboxylic acids is 1. The van der Waals surface area contributed by atoms with Crippen molar-refractivity contribution in [1.82, 2.24) is 5.32 Å². The number of hydrogen-bond acceptors (Lipinski definition) is 3. The molecule has 2 aromatic carbocycles. The Morgan fingerprint density at radius 3 is 2.29 bits per heavy atom. The van der Waals surface area contributed by atoms with Crippen LogP contribution in [0.2, 0.25) is 0 Å². The fraction of sp³-hybridized carbons (Fsp3) is 0.235. The van der Waals surface area contributed by atoms with Gasteiger partial charge in [-0.1, -0.05) is 64.6 Å². The van der Waals surface area contributed by atoms with Crippen LogP contribution in [0.3, 0.4) is 0 Å². The summed E-state index contributed by atoms with van der Waals surface area (Å²) in [6, 6.07) is 14.3. The van der Waals surface area contributed by atoms with E-state index in [0.717, 1.165) is 11.3 Å². The van der Waals surface area contributed by atoms with Gasteiger partial charge in [0.2, 0.25) is 3.79 Å². The van der Waals surface area contributed by atoms with E-state index in [-0.39, 0.29) is 0 Å². The molecule has 0 unspecified atom stereocenters. The molecular weight excluding hydrogens is 371 g/mol. The van der Waals surface area contributed by atoms with Crippen LogP contribution in [0.1, 0.15) is 15.9 Å². The molecule has 1 atom stereocenters. The van der Waals surface area contributed by atoms with E-state index in [1.165, 1.54) is 7.11 Å². The minimum atomic E-state index is -1.75. The van der Waals surface area contributed by atoms with Crippen molar-refractivity contribution in [2.45, 2.75) is 16.9 Å². The average molecular weight is 388 g/mol. The third-order valence-electron chi connectivity index (χ3n) is 3.32. The molecule has 0 spiro atoms. The monoisotopic (exact) mass is 386 g/mol. The van der Waals surface area contributed by atoms with Crippen LogP contribution >= 0.6 is 34.8 Å². The van der Waals surface area contributed by atoms with E-state index in [9.17, 15) is 4.79 Å². The number of amides is 1. The van der Waals surface area contributed by atoms with Gasteiger partial charge in [-0.3, -0.25) is 4.79 Å². The van der Waals surface area contributed by atoms with E-state index in [1.54, 1.807) is 24.3 Å². The number of hydrogen-bond donors (Lipinski definition) is 2. The molecule has 0 aliphatic carbocycles. The minimum absolute atomic E-state index is 0.352. The summed E-state index contributed by atoms with van der Waals surface area (Å²) >= 11 is 18.0. The largest absolute Gasteiger partial charge is 0.496 e. The molecule has 7 heteroatoms. The third-order valence-corrected chi connectivity index (χ3v) is 3.97. The van der Waals surface area contributed by atoms with E-state index in [1.807, 2.05) is 31.2 Å². The summed E-state index contributed by atoms with van der Waals surface area (Å²) < 4.78 is 3.44. The van der Waals surface area contributed by atoms with Gasteiger partial charge in [-0.25, -0.2) is 0 Å². The van der Waals surface area contributed by atoms with Crippen molar-refractivity contribution in [1.29, 1.82) is 0 Å². The number of carbonyl (C=O) groups is 1. The Bertz CT molecular complexity index is 700. The van der Waals surface area contributed by atoms with Gasteiger partial charge in [0.15, 0.2) is 0 Å². The molecule has 0 aliphatic heterocycles. The Labute approximate surface area is 156 Å². The highest BCUT2D eigenvalue weighted by atomic mass is 35.6. The molecule has 2 rings (SSSR count).